The largest absolute Gasteiger partial charge is 0.480 e. The Morgan fingerprint density at radius 2 is 2.06 bits per heavy atom. The van der Waals surface area contributed by atoms with Gasteiger partial charge in [-0.05, 0) is 5.56 Å². The number of hydrogen-bond acceptors (Lipinski definition) is 3. The highest BCUT2D eigenvalue weighted by Gasteiger charge is 2.46. The van der Waals surface area contributed by atoms with Crippen LogP contribution in [0.5, 0.6) is 0 Å². The van der Waals surface area contributed by atoms with Crippen LogP contribution in [0.3, 0.4) is 0 Å². The fourth-order valence-electron chi connectivity index (χ4n) is 1.73. The molecule has 2 unspecified atom stereocenters. The van der Waals surface area contributed by atoms with Gasteiger partial charge in [-0.15, -0.1) is 11.8 Å². The molecule has 2 atom stereocenters. The number of benzene rings is 1. The number of carboxylic acid groups (broad SMARTS) is 1. The molecule has 4 nitrogen and oxygen atoms in total. The molecule has 0 aliphatic carbocycles. The Kier molecular flexibility index (Phi) is 4.29. The molecule has 0 saturated carbocycles. The van der Waals surface area contributed by atoms with E-state index < -0.39 is 5.97 Å². The summed E-state index contributed by atoms with van der Waals surface area (Å²) in [5.74, 6) is -0.368. The SMILES string of the molecule is O=C(O)CN1C(=O)C(Br)C1SCc1ccccc1. The molecule has 0 spiro atoms. The van der Waals surface area contributed by atoms with E-state index in [-0.39, 0.29) is 22.7 Å². The number of carbonyl (C=O) groups is 2. The summed E-state index contributed by atoms with van der Waals surface area (Å²) in [5.41, 5.74) is 1.16. The van der Waals surface area contributed by atoms with E-state index in [0.29, 0.717) is 0 Å². The van der Waals surface area contributed by atoms with E-state index in [0.717, 1.165) is 11.3 Å². The van der Waals surface area contributed by atoms with Crippen molar-refractivity contribution >= 4 is 39.6 Å². The molecule has 1 aromatic carbocycles. The monoisotopic (exact) mass is 329 g/mol. The van der Waals surface area contributed by atoms with Crippen LogP contribution in [0.2, 0.25) is 0 Å². The minimum atomic E-state index is -0.979. The summed E-state index contributed by atoms with van der Waals surface area (Å²) in [7, 11) is 0. The van der Waals surface area contributed by atoms with Crippen molar-refractivity contribution in [1.29, 1.82) is 0 Å². The van der Waals surface area contributed by atoms with Gasteiger partial charge in [0, 0.05) is 5.75 Å². The molecule has 2 rings (SSSR count). The summed E-state index contributed by atoms with van der Waals surface area (Å²) in [6, 6.07) is 9.90. The van der Waals surface area contributed by atoms with Crippen LogP contribution in [-0.4, -0.2) is 38.6 Å². The Morgan fingerprint density at radius 3 is 2.67 bits per heavy atom. The molecule has 18 heavy (non-hydrogen) atoms. The maximum absolute atomic E-state index is 11.5. The third kappa shape index (κ3) is 2.87. The lowest BCUT2D eigenvalue weighted by Crippen LogP contribution is -2.61. The second kappa shape index (κ2) is 5.75. The molecule has 0 bridgehead atoms. The summed E-state index contributed by atoms with van der Waals surface area (Å²) in [5, 5.41) is 8.63. The van der Waals surface area contributed by atoms with Crippen molar-refractivity contribution in [3.8, 4) is 0 Å². The van der Waals surface area contributed by atoms with Crippen LogP contribution in [0.1, 0.15) is 5.56 Å². The predicted molar refractivity (Wildman–Crippen MR) is 73.6 cm³/mol. The lowest BCUT2D eigenvalue weighted by molar-refractivity contribution is -0.150. The van der Waals surface area contributed by atoms with Crippen molar-refractivity contribution in [3.05, 3.63) is 35.9 Å². The first-order valence-corrected chi connectivity index (χ1v) is 7.38. The van der Waals surface area contributed by atoms with Gasteiger partial charge < -0.3 is 10.0 Å². The molecule has 1 aliphatic heterocycles. The Hall–Kier alpha value is -1.01. The fourth-order valence-corrected chi connectivity index (χ4v) is 3.93. The highest BCUT2D eigenvalue weighted by atomic mass is 79.9. The van der Waals surface area contributed by atoms with Crippen LogP contribution < -0.4 is 0 Å². The van der Waals surface area contributed by atoms with E-state index in [1.807, 2.05) is 30.3 Å². The fraction of sp³-hybridized carbons (Fsp3) is 0.333. The van der Waals surface area contributed by atoms with Crippen molar-refractivity contribution in [2.75, 3.05) is 6.54 Å². The van der Waals surface area contributed by atoms with Gasteiger partial charge in [-0.1, -0.05) is 46.3 Å². The minimum Gasteiger partial charge on any atom is -0.480 e. The molecule has 6 heteroatoms. The number of likely N-dealkylation sites (tertiary alicyclic amines) is 1. The van der Waals surface area contributed by atoms with Crippen LogP contribution >= 0.6 is 27.7 Å². The van der Waals surface area contributed by atoms with Crippen LogP contribution in [-0.2, 0) is 15.3 Å². The van der Waals surface area contributed by atoms with E-state index in [2.05, 4.69) is 15.9 Å². The Morgan fingerprint density at radius 1 is 1.39 bits per heavy atom. The molecule has 1 saturated heterocycles. The Bertz CT molecular complexity index is 454. The number of rotatable bonds is 5. The normalized spacial score (nSPS) is 22.7. The van der Waals surface area contributed by atoms with Crippen molar-refractivity contribution in [2.24, 2.45) is 0 Å². The summed E-state index contributed by atoms with van der Waals surface area (Å²) in [6.07, 6.45) is 0. The van der Waals surface area contributed by atoms with Gasteiger partial charge in [-0.2, -0.15) is 0 Å². The van der Waals surface area contributed by atoms with Gasteiger partial charge in [-0.25, -0.2) is 0 Å². The average Bonchev–Trinajstić information content (AvgIpc) is 2.38. The summed E-state index contributed by atoms with van der Waals surface area (Å²) < 4.78 is 0. The molecule has 0 radical (unpaired) electrons. The van der Waals surface area contributed by atoms with Crippen molar-refractivity contribution in [2.45, 2.75) is 16.0 Å². The van der Waals surface area contributed by atoms with Crippen molar-refractivity contribution < 1.29 is 14.7 Å². The second-order valence-corrected chi connectivity index (χ2v) is 6.04. The van der Waals surface area contributed by atoms with Crippen LogP contribution in [0.15, 0.2) is 30.3 Å². The maximum Gasteiger partial charge on any atom is 0.323 e. The van der Waals surface area contributed by atoms with Gasteiger partial charge in [0.05, 0.1) is 0 Å². The predicted octanol–water partition coefficient (Wildman–Crippen LogP) is 1.94. The summed E-state index contributed by atoms with van der Waals surface area (Å²) in [4.78, 5) is 23.3. The Balaban J connectivity index is 1.92. The number of β-lactam (4-membered cyclic amide) rings is 1. The lowest BCUT2D eigenvalue weighted by atomic mass is 10.2. The number of carbonyl (C=O) groups excluding carboxylic acids is 1. The van der Waals surface area contributed by atoms with Gasteiger partial charge in [0.1, 0.15) is 16.7 Å². The first kappa shape index (κ1) is 13.4. The molecule has 1 aliphatic rings. The second-order valence-electron chi connectivity index (χ2n) is 3.95. The quantitative estimate of drug-likeness (QED) is 0.662. The summed E-state index contributed by atoms with van der Waals surface area (Å²) in [6.45, 7) is -0.229. The number of alkyl halides is 1. The zero-order chi connectivity index (χ0) is 13.1. The van der Waals surface area contributed by atoms with Crippen molar-refractivity contribution in [1.82, 2.24) is 4.90 Å². The maximum atomic E-state index is 11.5. The number of thioether (sulfide) groups is 1. The third-order valence-corrected chi connectivity index (χ3v) is 5.26. The van der Waals surface area contributed by atoms with Gasteiger partial charge >= 0.3 is 5.97 Å². The van der Waals surface area contributed by atoms with Gasteiger partial charge in [-0.3, -0.25) is 9.59 Å². The molecule has 1 fully saturated rings. The Labute approximate surface area is 117 Å². The van der Waals surface area contributed by atoms with E-state index in [9.17, 15) is 9.59 Å². The van der Waals surface area contributed by atoms with Gasteiger partial charge in [0.15, 0.2) is 0 Å². The molecule has 1 N–H and O–H groups in total. The third-order valence-electron chi connectivity index (χ3n) is 2.65. The molecule has 1 aromatic rings. The molecule has 1 heterocycles. The number of halogens is 1. The van der Waals surface area contributed by atoms with Crippen LogP contribution in [0.4, 0.5) is 0 Å². The van der Waals surface area contributed by atoms with E-state index >= 15 is 0 Å². The van der Waals surface area contributed by atoms with Gasteiger partial charge in [0.2, 0.25) is 5.91 Å². The number of amides is 1. The summed E-state index contributed by atoms with van der Waals surface area (Å²) >= 11 is 4.86. The molecule has 96 valence electrons. The molecule has 1 amide bonds. The van der Waals surface area contributed by atoms with E-state index in [1.165, 1.54) is 4.90 Å². The van der Waals surface area contributed by atoms with Crippen LogP contribution in [0, 0.1) is 0 Å². The standard InChI is InChI=1S/C12H12BrNO3S/c13-10-11(17)14(6-9(15)16)12(10)18-7-8-4-2-1-3-5-8/h1-5,10,12H,6-7H2,(H,15,16). The minimum absolute atomic E-state index is 0.103. The van der Waals surface area contributed by atoms with Gasteiger partial charge in [0.25, 0.3) is 0 Å². The molecule has 0 aromatic heterocycles. The van der Waals surface area contributed by atoms with E-state index in [1.54, 1.807) is 11.8 Å². The first-order valence-electron chi connectivity index (χ1n) is 5.41. The number of carboxylic acids is 1. The number of hydrogen-bond donors (Lipinski definition) is 1. The molecular formula is C12H12BrNO3S. The highest BCUT2D eigenvalue weighted by Crippen LogP contribution is 2.36. The number of aliphatic carboxylic acids is 1. The number of nitrogens with zero attached hydrogens (tertiary/aromatic N) is 1. The zero-order valence-corrected chi connectivity index (χ0v) is 11.9. The topological polar surface area (TPSA) is 57.6 Å². The molecular weight excluding hydrogens is 318 g/mol. The van der Waals surface area contributed by atoms with E-state index in [4.69, 9.17) is 5.11 Å². The zero-order valence-electron chi connectivity index (χ0n) is 9.45. The van der Waals surface area contributed by atoms with Crippen molar-refractivity contribution in [3.63, 3.8) is 0 Å². The van der Waals surface area contributed by atoms with Crippen LogP contribution in [0.25, 0.3) is 0 Å². The smallest absolute Gasteiger partial charge is 0.323 e. The lowest BCUT2D eigenvalue weighted by Gasteiger charge is -2.43. The highest BCUT2D eigenvalue weighted by molar-refractivity contribution is 9.10. The average molecular weight is 330 g/mol. The first-order chi connectivity index (χ1) is 8.59.